The topological polar surface area (TPSA) is 122 Å². The van der Waals surface area contributed by atoms with Crippen LogP contribution in [0.25, 0.3) is 0 Å². The van der Waals surface area contributed by atoms with Gasteiger partial charge in [0.1, 0.15) is 0 Å². The van der Waals surface area contributed by atoms with E-state index in [9.17, 15) is 25.0 Å². The quantitative estimate of drug-likeness (QED) is 0.401. The number of ether oxygens (including phenoxy) is 2. The summed E-state index contributed by atoms with van der Waals surface area (Å²) >= 11 is 0. The molecular weight excluding hydrogens is 344 g/mol. The van der Waals surface area contributed by atoms with Gasteiger partial charge >= 0.3 is 6.16 Å². The highest BCUT2D eigenvalue weighted by atomic mass is 16.7. The molecule has 0 heterocycles. The predicted octanol–water partition coefficient (Wildman–Crippen LogP) is 3.44. The molecule has 0 amide bonds. The summed E-state index contributed by atoms with van der Waals surface area (Å²) in [7, 11) is 0. The molecule has 0 bridgehead atoms. The van der Waals surface area contributed by atoms with E-state index in [1.165, 1.54) is 12.1 Å². The van der Waals surface area contributed by atoms with Crippen molar-refractivity contribution in [1.29, 1.82) is 0 Å². The van der Waals surface area contributed by atoms with Gasteiger partial charge in [0.2, 0.25) is 0 Å². The summed E-state index contributed by atoms with van der Waals surface area (Å²) in [4.78, 5) is 32.3. The van der Waals surface area contributed by atoms with Crippen LogP contribution >= 0.6 is 0 Å². The first-order valence-electron chi connectivity index (χ1n) is 7.73. The first kappa shape index (κ1) is 18.8. The maximum absolute atomic E-state index is 11.5. The van der Waals surface area contributed by atoms with Gasteiger partial charge in [0.05, 0.1) is 23.1 Å². The van der Waals surface area contributed by atoms with Gasteiger partial charge in [-0.25, -0.2) is 4.79 Å². The van der Waals surface area contributed by atoms with E-state index in [-0.39, 0.29) is 37.4 Å². The number of carbonyl (C=O) groups is 1. The molecule has 0 N–H and O–H groups in total. The van der Waals surface area contributed by atoms with Crippen molar-refractivity contribution in [2.75, 3.05) is 13.2 Å². The van der Waals surface area contributed by atoms with E-state index < -0.39 is 16.0 Å². The highest BCUT2D eigenvalue weighted by Gasteiger charge is 2.14. The van der Waals surface area contributed by atoms with Gasteiger partial charge in [0, 0.05) is 36.1 Å². The van der Waals surface area contributed by atoms with Gasteiger partial charge in [0.15, 0.2) is 0 Å². The SMILES string of the molecule is O=C(OCCc1ccccc1[N+](=O)[O-])OCCc1ccccc1[N+](=O)[O-]. The number of para-hydroxylation sites is 2. The third-order valence-corrected chi connectivity index (χ3v) is 3.56. The molecule has 26 heavy (non-hydrogen) atoms. The van der Waals surface area contributed by atoms with Gasteiger partial charge < -0.3 is 9.47 Å². The second-order valence-corrected chi connectivity index (χ2v) is 5.22. The van der Waals surface area contributed by atoms with Gasteiger partial charge in [-0.05, 0) is 0 Å². The lowest BCUT2D eigenvalue weighted by molar-refractivity contribution is -0.385. The van der Waals surface area contributed by atoms with Crippen molar-refractivity contribution in [3.8, 4) is 0 Å². The zero-order valence-corrected chi connectivity index (χ0v) is 13.7. The van der Waals surface area contributed by atoms with E-state index in [0.29, 0.717) is 11.1 Å². The molecule has 9 heteroatoms. The Kier molecular flexibility index (Phi) is 6.60. The fourth-order valence-corrected chi connectivity index (χ4v) is 2.33. The molecule has 0 aliphatic heterocycles. The van der Waals surface area contributed by atoms with Gasteiger partial charge in [-0.2, -0.15) is 0 Å². The van der Waals surface area contributed by atoms with Crippen LogP contribution in [0, 0.1) is 20.2 Å². The monoisotopic (exact) mass is 360 g/mol. The molecular formula is C17H16N2O7. The lowest BCUT2D eigenvalue weighted by Gasteiger charge is -2.07. The number of rotatable bonds is 8. The largest absolute Gasteiger partial charge is 0.508 e. The molecule has 0 aromatic heterocycles. The number of carbonyl (C=O) groups excluding carboxylic acids is 1. The molecule has 0 aliphatic carbocycles. The summed E-state index contributed by atoms with van der Waals surface area (Å²) in [5.74, 6) is 0. The Bertz CT molecular complexity index is 742. The van der Waals surface area contributed by atoms with Gasteiger partial charge in [-0.1, -0.05) is 36.4 Å². The predicted molar refractivity (Wildman–Crippen MR) is 90.9 cm³/mol. The van der Waals surface area contributed by atoms with Gasteiger partial charge in [-0.3, -0.25) is 20.2 Å². The van der Waals surface area contributed by atoms with Crippen LogP contribution in [0.15, 0.2) is 48.5 Å². The second-order valence-electron chi connectivity index (χ2n) is 5.22. The Labute approximate surface area is 148 Å². The zero-order chi connectivity index (χ0) is 18.9. The van der Waals surface area contributed by atoms with Crippen molar-refractivity contribution < 1.29 is 24.1 Å². The molecule has 136 valence electrons. The first-order valence-corrected chi connectivity index (χ1v) is 7.73. The van der Waals surface area contributed by atoms with Crippen LogP contribution < -0.4 is 0 Å². The van der Waals surface area contributed by atoms with E-state index in [1.807, 2.05) is 0 Å². The highest BCUT2D eigenvalue weighted by Crippen LogP contribution is 2.19. The van der Waals surface area contributed by atoms with Crippen molar-refractivity contribution in [2.24, 2.45) is 0 Å². The second kappa shape index (κ2) is 9.11. The smallest absolute Gasteiger partial charge is 0.434 e. The summed E-state index contributed by atoms with van der Waals surface area (Å²) < 4.78 is 9.76. The van der Waals surface area contributed by atoms with Crippen LogP contribution in [-0.4, -0.2) is 29.2 Å². The van der Waals surface area contributed by atoms with Gasteiger partial charge in [-0.15, -0.1) is 0 Å². The fraction of sp³-hybridized carbons (Fsp3) is 0.235. The van der Waals surface area contributed by atoms with E-state index in [2.05, 4.69) is 0 Å². The first-order chi connectivity index (χ1) is 12.5. The Morgan fingerprint density at radius 1 is 0.769 bits per heavy atom. The van der Waals surface area contributed by atoms with Crippen LogP contribution in [0.4, 0.5) is 16.2 Å². The molecule has 0 unspecified atom stereocenters. The normalized spacial score (nSPS) is 10.2. The minimum absolute atomic E-state index is 0.0409. The average molecular weight is 360 g/mol. The highest BCUT2D eigenvalue weighted by molar-refractivity contribution is 5.60. The summed E-state index contributed by atoms with van der Waals surface area (Å²) in [5, 5.41) is 21.8. The third-order valence-electron chi connectivity index (χ3n) is 3.56. The number of hydrogen-bond acceptors (Lipinski definition) is 7. The Hall–Kier alpha value is -3.49. The minimum Gasteiger partial charge on any atom is -0.434 e. The fourth-order valence-electron chi connectivity index (χ4n) is 2.33. The number of nitrogens with zero attached hydrogens (tertiary/aromatic N) is 2. The maximum atomic E-state index is 11.5. The summed E-state index contributed by atoms with van der Waals surface area (Å²) in [6.45, 7) is -0.148. The molecule has 9 nitrogen and oxygen atoms in total. The molecule has 0 saturated carbocycles. The number of nitro groups is 2. The van der Waals surface area contributed by atoms with E-state index in [4.69, 9.17) is 9.47 Å². The molecule has 0 spiro atoms. The maximum Gasteiger partial charge on any atom is 0.508 e. The third kappa shape index (κ3) is 5.26. The van der Waals surface area contributed by atoms with Crippen LogP contribution in [0.5, 0.6) is 0 Å². The van der Waals surface area contributed by atoms with Crippen LogP contribution in [0.1, 0.15) is 11.1 Å². The van der Waals surface area contributed by atoms with Crippen molar-refractivity contribution in [2.45, 2.75) is 12.8 Å². The zero-order valence-electron chi connectivity index (χ0n) is 13.7. The molecule has 0 fully saturated rings. The molecule has 0 saturated heterocycles. The van der Waals surface area contributed by atoms with Crippen molar-refractivity contribution in [3.05, 3.63) is 79.9 Å². The molecule has 2 aromatic rings. The Morgan fingerprint density at radius 2 is 1.15 bits per heavy atom. The molecule has 2 aromatic carbocycles. The Balaban J connectivity index is 1.77. The lowest BCUT2D eigenvalue weighted by Crippen LogP contribution is -2.12. The number of nitro benzene ring substituents is 2. The van der Waals surface area contributed by atoms with Gasteiger partial charge in [0.25, 0.3) is 11.4 Å². The summed E-state index contributed by atoms with van der Waals surface area (Å²) in [6, 6.07) is 12.4. The Morgan fingerprint density at radius 3 is 1.54 bits per heavy atom. The molecule has 0 atom stereocenters. The van der Waals surface area contributed by atoms with Crippen LogP contribution in [0.2, 0.25) is 0 Å². The van der Waals surface area contributed by atoms with E-state index in [0.717, 1.165) is 0 Å². The van der Waals surface area contributed by atoms with Crippen LogP contribution in [-0.2, 0) is 22.3 Å². The van der Waals surface area contributed by atoms with E-state index >= 15 is 0 Å². The molecule has 2 rings (SSSR count). The number of benzene rings is 2. The number of hydrogen-bond donors (Lipinski definition) is 0. The molecule has 0 aliphatic rings. The van der Waals surface area contributed by atoms with Crippen molar-refractivity contribution in [1.82, 2.24) is 0 Å². The van der Waals surface area contributed by atoms with Crippen molar-refractivity contribution >= 4 is 17.5 Å². The molecule has 0 radical (unpaired) electrons. The van der Waals surface area contributed by atoms with E-state index in [1.54, 1.807) is 36.4 Å². The van der Waals surface area contributed by atoms with Crippen molar-refractivity contribution in [3.63, 3.8) is 0 Å². The standard InChI is InChI=1S/C17H16N2O7/c20-17(25-11-9-13-5-1-3-7-15(13)18(21)22)26-12-10-14-6-2-4-8-16(14)19(23)24/h1-8H,9-12H2. The summed E-state index contributed by atoms with van der Waals surface area (Å²) in [5.41, 5.74) is 0.817. The minimum atomic E-state index is -0.929. The van der Waals surface area contributed by atoms with Crippen LogP contribution in [0.3, 0.4) is 0 Å². The lowest BCUT2D eigenvalue weighted by atomic mass is 10.1. The average Bonchev–Trinajstić information content (AvgIpc) is 2.62. The summed E-state index contributed by atoms with van der Waals surface area (Å²) in [6.07, 6.45) is -0.575.